The van der Waals surface area contributed by atoms with Crippen molar-refractivity contribution in [2.24, 2.45) is 0 Å². The molecule has 19 heavy (non-hydrogen) atoms. The highest BCUT2D eigenvalue weighted by atomic mass is 79.9. The molecule has 0 atom stereocenters. The smallest absolute Gasteiger partial charge is 0.196 e. The topological polar surface area (TPSA) is 17.1 Å². The molecule has 2 aromatic carbocycles. The molecule has 0 aliphatic rings. The molecule has 0 saturated heterocycles. The summed E-state index contributed by atoms with van der Waals surface area (Å²) < 4.78 is 14.4. The Bertz CT molecular complexity index is 671. The lowest BCUT2D eigenvalue weighted by Crippen LogP contribution is -2.05. The second-order valence-corrected chi connectivity index (χ2v) is 5.66. The standard InChI is InChI=1S/C14H8BrCl2FO/c1-7-2-3-8(6-11(7)16)14(19)9-4-5-10(15)12(17)13(9)18/h2-6H,1H3. The highest BCUT2D eigenvalue weighted by molar-refractivity contribution is 9.10. The average Bonchev–Trinajstić information content (AvgIpc) is 2.39. The van der Waals surface area contributed by atoms with Crippen molar-refractivity contribution in [2.45, 2.75) is 6.92 Å². The Morgan fingerprint density at radius 3 is 2.53 bits per heavy atom. The number of benzene rings is 2. The normalized spacial score (nSPS) is 10.6. The summed E-state index contributed by atoms with van der Waals surface area (Å²) in [6.07, 6.45) is 0. The van der Waals surface area contributed by atoms with Gasteiger partial charge in [0, 0.05) is 15.1 Å². The molecule has 0 aliphatic heterocycles. The first-order chi connectivity index (χ1) is 8.91. The fourth-order valence-corrected chi connectivity index (χ4v) is 2.24. The van der Waals surface area contributed by atoms with Gasteiger partial charge in [-0.05, 0) is 46.6 Å². The Balaban J connectivity index is 2.50. The van der Waals surface area contributed by atoms with Crippen molar-refractivity contribution in [3.63, 3.8) is 0 Å². The molecule has 2 rings (SSSR count). The van der Waals surface area contributed by atoms with Crippen molar-refractivity contribution in [3.8, 4) is 0 Å². The van der Waals surface area contributed by atoms with Crippen LogP contribution in [0.25, 0.3) is 0 Å². The lowest BCUT2D eigenvalue weighted by Gasteiger charge is -2.07. The third-order valence-electron chi connectivity index (χ3n) is 2.71. The summed E-state index contributed by atoms with van der Waals surface area (Å²) >= 11 is 14.8. The fraction of sp³-hybridized carbons (Fsp3) is 0.0714. The molecule has 0 saturated carbocycles. The van der Waals surface area contributed by atoms with Gasteiger partial charge in [0.15, 0.2) is 11.6 Å². The zero-order valence-electron chi connectivity index (χ0n) is 9.81. The van der Waals surface area contributed by atoms with Crippen LogP contribution < -0.4 is 0 Å². The van der Waals surface area contributed by atoms with Crippen LogP contribution in [0.1, 0.15) is 21.5 Å². The molecule has 2 aromatic rings. The van der Waals surface area contributed by atoms with E-state index in [1.807, 2.05) is 6.92 Å². The third-order valence-corrected chi connectivity index (χ3v) is 4.38. The molecule has 0 aromatic heterocycles. The maximum Gasteiger partial charge on any atom is 0.196 e. The van der Waals surface area contributed by atoms with E-state index in [0.29, 0.717) is 15.1 Å². The number of carbonyl (C=O) groups excluding carboxylic acids is 1. The van der Waals surface area contributed by atoms with E-state index >= 15 is 0 Å². The van der Waals surface area contributed by atoms with Crippen molar-refractivity contribution in [2.75, 3.05) is 0 Å². The molecule has 0 bridgehead atoms. The molecule has 0 fully saturated rings. The number of hydrogen-bond acceptors (Lipinski definition) is 1. The lowest BCUT2D eigenvalue weighted by molar-refractivity contribution is 0.103. The minimum atomic E-state index is -0.738. The van der Waals surface area contributed by atoms with Crippen molar-refractivity contribution < 1.29 is 9.18 Å². The second kappa shape index (κ2) is 5.61. The largest absolute Gasteiger partial charge is 0.288 e. The summed E-state index contributed by atoms with van der Waals surface area (Å²) in [5, 5.41) is 0.360. The number of ketones is 1. The van der Waals surface area contributed by atoms with Crippen LogP contribution in [-0.4, -0.2) is 5.78 Å². The average molecular weight is 362 g/mol. The summed E-state index contributed by atoms with van der Waals surface area (Å²) in [5.74, 6) is -1.19. The Morgan fingerprint density at radius 1 is 1.21 bits per heavy atom. The highest BCUT2D eigenvalue weighted by Crippen LogP contribution is 2.29. The second-order valence-electron chi connectivity index (χ2n) is 4.02. The van der Waals surface area contributed by atoms with E-state index in [0.717, 1.165) is 5.56 Å². The van der Waals surface area contributed by atoms with E-state index in [2.05, 4.69) is 15.9 Å². The summed E-state index contributed by atoms with van der Waals surface area (Å²) in [6, 6.07) is 7.78. The molecule has 0 N–H and O–H groups in total. The third kappa shape index (κ3) is 2.83. The zero-order chi connectivity index (χ0) is 14.2. The molecule has 5 heteroatoms. The molecule has 0 spiro atoms. The van der Waals surface area contributed by atoms with Crippen molar-refractivity contribution >= 4 is 44.9 Å². The quantitative estimate of drug-likeness (QED) is 0.514. The van der Waals surface area contributed by atoms with Gasteiger partial charge >= 0.3 is 0 Å². The fourth-order valence-electron chi connectivity index (χ4n) is 1.59. The zero-order valence-corrected chi connectivity index (χ0v) is 12.9. The minimum Gasteiger partial charge on any atom is -0.288 e. The predicted molar refractivity (Wildman–Crippen MR) is 78.7 cm³/mol. The summed E-state index contributed by atoms with van der Waals surface area (Å²) in [7, 11) is 0. The number of rotatable bonds is 2. The van der Waals surface area contributed by atoms with Gasteiger partial charge in [0.05, 0.1) is 10.6 Å². The monoisotopic (exact) mass is 360 g/mol. The molecular formula is C14H8BrCl2FO. The van der Waals surface area contributed by atoms with E-state index in [1.165, 1.54) is 18.2 Å². The van der Waals surface area contributed by atoms with Crippen molar-refractivity contribution in [1.82, 2.24) is 0 Å². The van der Waals surface area contributed by atoms with Gasteiger partial charge in [-0.3, -0.25) is 4.79 Å². The van der Waals surface area contributed by atoms with Gasteiger partial charge in [-0.1, -0.05) is 35.3 Å². The molecule has 1 nitrogen and oxygen atoms in total. The molecule has 0 amide bonds. The van der Waals surface area contributed by atoms with E-state index < -0.39 is 11.6 Å². The SMILES string of the molecule is Cc1ccc(C(=O)c2ccc(Br)c(Cl)c2F)cc1Cl. The van der Waals surface area contributed by atoms with Crippen molar-refractivity contribution in [1.29, 1.82) is 0 Å². The Morgan fingerprint density at radius 2 is 1.89 bits per heavy atom. The van der Waals surface area contributed by atoms with E-state index in [9.17, 15) is 9.18 Å². The Labute approximate surface area is 128 Å². The Hall–Kier alpha value is -0.900. The summed E-state index contributed by atoms with van der Waals surface area (Å²) in [5.41, 5.74) is 1.11. The van der Waals surface area contributed by atoms with Crippen molar-refractivity contribution in [3.05, 3.63) is 67.4 Å². The molecular weight excluding hydrogens is 354 g/mol. The molecule has 0 heterocycles. The van der Waals surface area contributed by atoms with Crippen LogP contribution >= 0.6 is 39.1 Å². The first-order valence-corrected chi connectivity index (χ1v) is 6.91. The van der Waals surface area contributed by atoms with Crippen LogP contribution in [0.3, 0.4) is 0 Å². The molecule has 0 aliphatic carbocycles. The number of aryl methyl sites for hydroxylation is 1. The van der Waals surface area contributed by atoms with Crippen LogP contribution in [0, 0.1) is 12.7 Å². The summed E-state index contributed by atoms with van der Waals surface area (Å²) in [4.78, 5) is 12.2. The van der Waals surface area contributed by atoms with Crippen LogP contribution in [0.4, 0.5) is 4.39 Å². The van der Waals surface area contributed by atoms with Crippen LogP contribution in [-0.2, 0) is 0 Å². The molecule has 0 unspecified atom stereocenters. The van der Waals surface area contributed by atoms with Gasteiger partial charge in [-0.15, -0.1) is 0 Å². The van der Waals surface area contributed by atoms with E-state index in [-0.39, 0.29) is 10.6 Å². The number of hydrogen-bond donors (Lipinski definition) is 0. The maximum absolute atomic E-state index is 14.0. The Kier molecular flexibility index (Phi) is 4.29. The minimum absolute atomic E-state index is 0.0758. The highest BCUT2D eigenvalue weighted by Gasteiger charge is 2.18. The first kappa shape index (κ1) is 14.5. The van der Waals surface area contributed by atoms with Gasteiger partial charge in [0.25, 0.3) is 0 Å². The molecule has 98 valence electrons. The lowest BCUT2D eigenvalue weighted by atomic mass is 10.0. The maximum atomic E-state index is 14.0. The van der Waals surface area contributed by atoms with Crippen LogP contribution in [0.2, 0.25) is 10.0 Å². The van der Waals surface area contributed by atoms with Gasteiger partial charge in [-0.25, -0.2) is 4.39 Å². The van der Waals surface area contributed by atoms with Gasteiger partial charge < -0.3 is 0 Å². The van der Waals surface area contributed by atoms with E-state index in [4.69, 9.17) is 23.2 Å². The predicted octanol–water partition coefficient (Wildman–Crippen LogP) is 5.43. The van der Waals surface area contributed by atoms with E-state index in [1.54, 1.807) is 12.1 Å². The molecule has 0 radical (unpaired) electrons. The van der Waals surface area contributed by atoms with Crippen LogP contribution in [0.15, 0.2) is 34.8 Å². The van der Waals surface area contributed by atoms with Gasteiger partial charge in [0.2, 0.25) is 0 Å². The van der Waals surface area contributed by atoms with Crippen LogP contribution in [0.5, 0.6) is 0 Å². The summed E-state index contributed by atoms with van der Waals surface area (Å²) in [6.45, 7) is 1.83. The number of carbonyl (C=O) groups is 1. The number of halogens is 4. The van der Waals surface area contributed by atoms with Gasteiger partial charge in [-0.2, -0.15) is 0 Å². The van der Waals surface area contributed by atoms with Gasteiger partial charge in [0.1, 0.15) is 0 Å². The first-order valence-electron chi connectivity index (χ1n) is 5.36.